The zero-order valence-electron chi connectivity index (χ0n) is 15.6. The minimum absolute atomic E-state index is 0.0533. The molecule has 2 saturated heterocycles. The van der Waals surface area contributed by atoms with E-state index in [0.29, 0.717) is 51.2 Å². The number of furan rings is 1. The Balaban J connectivity index is 1.33. The zero-order chi connectivity index (χ0) is 19.5. The van der Waals surface area contributed by atoms with Crippen molar-refractivity contribution in [2.24, 2.45) is 5.92 Å². The second-order valence-electron chi connectivity index (χ2n) is 7.27. The molecule has 1 aromatic heterocycles. The average Bonchev–Trinajstić information content (AvgIpc) is 3.28. The van der Waals surface area contributed by atoms with E-state index in [4.69, 9.17) is 9.15 Å². The van der Waals surface area contributed by atoms with E-state index < -0.39 is 0 Å². The van der Waals surface area contributed by atoms with Crippen LogP contribution in [0.25, 0.3) is 0 Å². The Labute approximate surface area is 162 Å². The largest absolute Gasteiger partial charge is 0.472 e. The maximum Gasteiger partial charge on any atom is 0.257 e. The van der Waals surface area contributed by atoms with Gasteiger partial charge in [-0.05, 0) is 36.6 Å². The van der Waals surface area contributed by atoms with Gasteiger partial charge in [-0.3, -0.25) is 9.59 Å². The molecule has 148 valence electrons. The minimum atomic E-state index is -0.288. The number of piperidine rings is 1. The first kappa shape index (κ1) is 18.7. The number of halogens is 1. The first-order valence-corrected chi connectivity index (χ1v) is 9.59. The molecule has 28 heavy (non-hydrogen) atoms. The topological polar surface area (TPSA) is 63.0 Å². The fraction of sp³-hybridized carbons (Fsp3) is 0.429. The summed E-state index contributed by atoms with van der Waals surface area (Å²) in [5, 5.41) is 0. The van der Waals surface area contributed by atoms with Gasteiger partial charge in [-0.15, -0.1) is 0 Å². The number of hydrogen-bond acceptors (Lipinski definition) is 4. The summed E-state index contributed by atoms with van der Waals surface area (Å²) in [7, 11) is 0. The van der Waals surface area contributed by atoms with Gasteiger partial charge in [-0.1, -0.05) is 12.1 Å². The van der Waals surface area contributed by atoms with Gasteiger partial charge in [0.1, 0.15) is 18.2 Å². The van der Waals surface area contributed by atoms with Gasteiger partial charge in [0.15, 0.2) is 0 Å². The second-order valence-corrected chi connectivity index (χ2v) is 7.27. The van der Waals surface area contributed by atoms with Crippen LogP contribution in [0.4, 0.5) is 4.39 Å². The van der Waals surface area contributed by atoms with Crippen LogP contribution in [0.3, 0.4) is 0 Å². The summed E-state index contributed by atoms with van der Waals surface area (Å²) in [5.41, 5.74) is 1.42. The monoisotopic (exact) mass is 386 g/mol. The second kappa shape index (κ2) is 8.14. The Hall–Kier alpha value is -2.67. The smallest absolute Gasteiger partial charge is 0.257 e. The van der Waals surface area contributed by atoms with Crippen molar-refractivity contribution < 1.29 is 23.1 Å². The molecular weight excluding hydrogens is 363 g/mol. The van der Waals surface area contributed by atoms with Crippen molar-refractivity contribution in [3.05, 3.63) is 59.8 Å². The fourth-order valence-corrected chi connectivity index (χ4v) is 3.89. The highest BCUT2D eigenvalue weighted by molar-refractivity contribution is 5.94. The van der Waals surface area contributed by atoms with Gasteiger partial charge in [0, 0.05) is 25.6 Å². The molecule has 4 rings (SSSR count). The first-order chi connectivity index (χ1) is 13.6. The number of likely N-dealkylation sites (tertiary alicyclic amines) is 1. The van der Waals surface area contributed by atoms with E-state index in [1.807, 2.05) is 4.90 Å². The zero-order valence-corrected chi connectivity index (χ0v) is 15.6. The van der Waals surface area contributed by atoms with Gasteiger partial charge in [-0.2, -0.15) is 0 Å². The van der Waals surface area contributed by atoms with E-state index >= 15 is 0 Å². The molecule has 0 radical (unpaired) electrons. The van der Waals surface area contributed by atoms with Crippen molar-refractivity contribution in [2.75, 3.05) is 32.8 Å². The lowest BCUT2D eigenvalue weighted by Crippen LogP contribution is -2.48. The van der Waals surface area contributed by atoms with Gasteiger partial charge in [0.25, 0.3) is 5.91 Å². The lowest BCUT2D eigenvalue weighted by Gasteiger charge is -2.38. The number of rotatable bonds is 3. The van der Waals surface area contributed by atoms with Crippen molar-refractivity contribution in [2.45, 2.75) is 18.9 Å². The molecule has 2 aliphatic heterocycles. The van der Waals surface area contributed by atoms with Crippen molar-refractivity contribution in [3.8, 4) is 0 Å². The summed E-state index contributed by atoms with van der Waals surface area (Å²) in [4.78, 5) is 29.0. The molecule has 0 bridgehead atoms. The number of morpholine rings is 1. The van der Waals surface area contributed by atoms with Crippen LogP contribution in [0.15, 0.2) is 47.3 Å². The highest BCUT2D eigenvalue weighted by Gasteiger charge is 2.33. The molecule has 0 N–H and O–H groups in total. The number of nitrogens with zero attached hydrogens (tertiary/aromatic N) is 2. The van der Waals surface area contributed by atoms with Crippen LogP contribution in [-0.2, 0) is 9.53 Å². The van der Waals surface area contributed by atoms with E-state index in [9.17, 15) is 14.0 Å². The quantitative estimate of drug-likeness (QED) is 0.814. The summed E-state index contributed by atoms with van der Waals surface area (Å²) < 4.78 is 23.9. The van der Waals surface area contributed by atoms with Gasteiger partial charge in [0.05, 0.1) is 25.0 Å². The van der Waals surface area contributed by atoms with Crippen LogP contribution in [0.2, 0.25) is 0 Å². The average molecular weight is 386 g/mol. The van der Waals surface area contributed by atoms with Crippen LogP contribution in [0.1, 0.15) is 34.9 Å². The normalized spacial score (nSPS) is 21.0. The molecule has 0 aliphatic carbocycles. The molecule has 0 spiro atoms. The molecule has 1 unspecified atom stereocenters. The van der Waals surface area contributed by atoms with Crippen molar-refractivity contribution in [1.29, 1.82) is 0 Å². The molecule has 6 nitrogen and oxygen atoms in total. The number of benzene rings is 1. The molecule has 1 aromatic carbocycles. The van der Waals surface area contributed by atoms with Crippen LogP contribution < -0.4 is 0 Å². The summed E-state index contributed by atoms with van der Waals surface area (Å²) in [6, 6.07) is 7.88. The van der Waals surface area contributed by atoms with Crippen LogP contribution >= 0.6 is 0 Å². The molecule has 0 saturated carbocycles. The van der Waals surface area contributed by atoms with Gasteiger partial charge >= 0.3 is 0 Å². The van der Waals surface area contributed by atoms with Gasteiger partial charge in [0.2, 0.25) is 5.91 Å². The third-order valence-electron chi connectivity index (χ3n) is 5.52. The Morgan fingerprint density at radius 2 is 1.75 bits per heavy atom. The van der Waals surface area contributed by atoms with Crippen molar-refractivity contribution in [1.82, 2.24) is 9.80 Å². The Morgan fingerprint density at radius 1 is 1.00 bits per heavy atom. The summed E-state index contributed by atoms with van der Waals surface area (Å²) in [6.07, 6.45) is 4.01. The SMILES string of the molecule is O=C(c1ccoc1)N1CCC(C(=O)N2CCOC(c3ccc(F)cc3)C2)CC1. The van der Waals surface area contributed by atoms with E-state index in [0.717, 1.165) is 5.56 Å². The highest BCUT2D eigenvalue weighted by Crippen LogP contribution is 2.26. The van der Waals surface area contributed by atoms with E-state index in [2.05, 4.69) is 0 Å². The number of ether oxygens (including phenoxy) is 1. The fourth-order valence-electron chi connectivity index (χ4n) is 3.89. The summed E-state index contributed by atoms with van der Waals surface area (Å²) in [6.45, 7) is 2.62. The molecule has 2 aromatic rings. The standard InChI is InChI=1S/C21H23FN2O4/c22-18-3-1-15(2-4-18)19-13-24(10-12-28-19)20(25)16-5-8-23(9-6-16)21(26)17-7-11-27-14-17/h1-4,7,11,14,16,19H,5-6,8-10,12-13H2. The predicted octanol–water partition coefficient (Wildman–Crippen LogP) is 2.87. The lowest BCUT2D eigenvalue weighted by molar-refractivity contribution is -0.144. The molecule has 3 heterocycles. The van der Waals surface area contributed by atoms with Gasteiger partial charge < -0.3 is 19.0 Å². The highest BCUT2D eigenvalue weighted by atomic mass is 19.1. The molecular formula is C21H23FN2O4. The van der Waals surface area contributed by atoms with Crippen LogP contribution in [0, 0.1) is 11.7 Å². The molecule has 2 aliphatic rings. The number of carbonyl (C=O) groups is 2. The van der Waals surface area contributed by atoms with E-state index in [1.54, 1.807) is 23.1 Å². The summed E-state index contributed by atoms with van der Waals surface area (Å²) >= 11 is 0. The van der Waals surface area contributed by atoms with Gasteiger partial charge in [-0.25, -0.2) is 4.39 Å². The van der Waals surface area contributed by atoms with Crippen LogP contribution in [-0.4, -0.2) is 54.4 Å². The summed E-state index contributed by atoms with van der Waals surface area (Å²) in [5.74, 6) is -0.308. The van der Waals surface area contributed by atoms with Crippen molar-refractivity contribution >= 4 is 11.8 Å². The molecule has 2 fully saturated rings. The number of carbonyl (C=O) groups excluding carboxylic acids is 2. The third-order valence-corrected chi connectivity index (χ3v) is 5.52. The lowest BCUT2D eigenvalue weighted by atomic mass is 9.94. The van der Waals surface area contributed by atoms with E-state index in [-0.39, 0.29) is 29.7 Å². The Bertz CT molecular complexity index is 813. The van der Waals surface area contributed by atoms with Crippen molar-refractivity contribution in [3.63, 3.8) is 0 Å². The molecule has 7 heteroatoms. The number of hydrogen-bond donors (Lipinski definition) is 0. The predicted molar refractivity (Wildman–Crippen MR) is 99.0 cm³/mol. The Morgan fingerprint density at radius 3 is 2.43 bits per heavy atom. The minimum Gasteiger partial charge on any atom is -0.472 e. The third kappa shape index (κ3) is 3.94. The Kier molecular flexibility index (Phi) is 5.43. The van der Waals surface area contributed by atoms with E-state index in [1.165, 1.54) is 24.7 Å². The van der Waals surface area contributed by atoms with Crippen LogP contribution in [0.5, 0.6) is 0 Å². The molecule has 1 atom stereocenters. The number of amides is 2. The maximum atomic E-state index is 13.1. The molecule has 2 amide bonds. The first-order valence-electron chi connectivity index (χ1n) is 9.59. The maximum absolute atomic E-state index is 13.1.